The first-order valence-corrected chi connectivity index (χ1v) is 8.58. The van der Waals surface area contributed by atoms with Crippen molar-refractivity contribution in [3.05, 3.63) is 28.8 Å². The second kappa shape index (κ2) is 7.31. The van der Waals surface area contributed by atoms with E-state index in [4.69, 9.17) is 16.3 Å². The van der Waals surface area contributed by atoms with E-state index in [0.29, 0.717) is 55.4 Å². The molecule has 0 spiro atoms. The Morgan fingerprint density at radius 2 is 1.88 bits per heavy atom. The van der Waals surface area contributed by atoms with Crippen molar-refractivity contribution in [2.45, 2.75) is 18.9 Å². The molecule has 1 aromatic carbocycles. The standard InChI is InChI=1S/C17H20ClN3O4/c1-25-11-2-3-12(13(18)10-11)16(23)20-6-8-21(9-7-20)17(24)14-4-5-15(22)19-14/h2-3,10,14H,4-9H2,1H3,(H,19,22). The van der Waals surface area contributed by atoms with Crippen LogP contribution in [0.2, 0.25) is 5.02 Å². The van der Waals surface area contributed by atoms with Gasteiger partial charge in [0.05, 0.1) is 17.7 Å². The summed E-state index contributed by atoms with van der Waals surface area (Å²) in [5.41, 5.74) is 0.422. The van der Waals surface area contributed by atoms with E-state index < -0.39 is 6.04 Å². The van der Waals surface area contributed by atoms with Crippen LogP contribution in [0.15, 0.2) is 18.2 Å². The number of halogens is 1. The predicted octanol–water partition coefficient (Wildman–Crippen LogP) is 0.912. The Hall–Kier alpha value is -2.28. The minimum atomic E-state index is -0.425. The van der Waals surface area contributed by atoms with E-state index in [9.17, 15) is 14.4 Å². The fourth-order valence-electron chi connectivity index (χ4n) is 3.12. The lowest BCUT2D eigenvalue weighted by Gasteiger charge is -2.36. The van der Waals surface area contributed by atoms with E-state index in [-0.39, 0.29) is 17.7 Å². The summed E-state index contributed by atoms with van der Waals surface area (Å²) in [5, 5.41) is 3.03. The van der Waals surface area contributed by atoms with Gasteiger partial charge in [-0.05, 0) is 24.6 Å². The molecule has 7 nitrogen and oxygen atoms in total. The van der Waals surface area contributed by atoms with Crippen molar-refractivity contribution in [2.24, 2.45) is 0 Å². The molecule has 25 heavy (non-hydrogen) atoms. The maximum Gasteiger partial charge on any atom is 0.255 e. The topological polar surface area (TPSA) is 79.0 Å². The maximum atomic E-state index is 12.6. The van der Waals surface area contributed by atoms with Gasteiger partial charge in [-0.25, -0.2) is 0 Å². The Morgan fingerprint density at radius 1 is 1.20 bits per heavy atom. The minimum Gasteiger partial charge on any atom is -0.497 e. The fourth-order valence-corrected chi connectivity index (χ4v) is 3.37. The molecule has 1 atom stereocenters. The lowest BCUT2D eigenvalue weighted by Crippen LogP contribution is -2.54. The van der Waals surface area contributed by atoms with E-state index in [1.807, 2.05) is 0 Å². The molecule has 3 rings (SSSR count). The second-order valence-corrected chi connectivity index (χ2v) is 6.53. The second-order valence-electron chi connectivity index (χ2n) is 6.12. The van der Waals surface area contributed by atoms with Crippen molar-refractivity contribution in [3.63, 3.8) is 0 Å². The average molecular weight is 366 g/mol. The lowest BCUT2D eigenvalue weighted by molar-refractivity contribution is -0.135. The van der Waals surface area contributed by atoms with E-state index in [1.54, 1.807) is 28.0 Å². The normalized spacial score (nSPS) is 20.4. The Morgan fingerprint density at radius 3 is 2.44 bits per heavy atom. The monoisotopic (exact) mass is 365 g/mol. The van der Waals surface area contributed by atoms with Gasteiger partial charge in [0.2, 0.25) is 11.8 Å². The van der Waals surface area contributed by atoms with Crippen LogP contribution in [-0.2, 0) is 9.59 Å². The highest BCUT2D eigenvalue weighted by Crippen LogP contribution is 2.24. The van der Waals surface area contributed by atoms with Gasteiger partial charge in [-0.3, -0.25) is 14.4 Å². The quantitative estimate of drug-likeness (QED) is 0.863. The molecule has 0 bridgehead atoms. The van der Waals surface area contributed by atoms with Crippen molar-refractivity contribution in [2.75, 3.05) is 33.3 Å². The van der Waals surface area contributed by atoms with Crippen molar-refractivity contribution < 1.29 is 19.1 Å². The summed E-state index contributed by atoms with van der Waals surface area (Å²) in [6.45, 7) is 1.77. The van der Waals surface area contributed by atoms with Crippen molar-refractivity contribution >= 4 is 29.3 Å². The molecule has 0 radical (unpaired) electrons. The summed E-state index contributed by atoms with van der Waals surface area (Å²) in [6.07, 6.45) is 0.934. The van der Waals surface area contributed by atoms with Gasteiger partial charge < -0.3 is 19.9 Å². The Bertz CT molecular complexity index is 701. The summed E-state index contributed by atoms with van der Waals surface area (Å²) in [5.74, 6) is 0.284. The summed E-state index contributed by atoms with van der Waals surface area (Å²) in [4.78, 5) is 39.7. The Labute approximate surface area is 150 Å². The van der Waals surface area contributed by atoms with Gasteiger partial charge in [-0.15, -0.1) is 0 Å². The number of piperazine rings is 1. The number of nitrogens with one attached hydrogen (secondary N) is 1. The van der Waals surface area contributed by atoms with Crippen LogP contribution in [0.4, 0.5) is 0 Å². The molecular weight excluding hydrogens is 346 g/mol. The largest absolute Gasteiger partial charge is 0.497 e. The number of rotatable bonds is 3. The van der Waals surface area contributed by atoms with Crippen molar-refractivity contribution in [1.82, 2.24) is 15.1 Å². The van der Waals surface area contributed by atoms with Gasteiger partial charge in [0, 0.05) is 32.6 Å². The van der Waals surface area contributed by atoms with Gasteiger partial charge in [0.25, 0.3) is 5.91 Å². The summed E-state index contributed by atoms with van der Waals surface area (Å²) < 4.78 is 5.09. The number of hydrogen-bond donors (Lipinski definition) is 1. The highest BCUT2D eigenvalue weighted by Gasteiger charge is 2.33. The molecule has 0 saturated carbocycles. The summed E-state index contributed by atoms with van der Waals surface area (Å²) >= 11 is 6.17. The zero-order valence-electron chi connectivity index (χ0n) is 14.0. The average Bonchev–Trinajstić information content (AvgIpc) is 3.07. The van der Waals surface area contributed by atoms with Crippen LogP contribution >= 0.6 is 11.6 Å². The van der Waals surface area contributed by atoms with Crippen LogP contribution in [0.5, 0.6) is 5.75 Å². The fraction of sp³-hybridized carbons (Fsp3) is 0.471. The van der Waals surface area contributed by atoms with Gasteiger partial charge >= 0.3 is 0 Å². The Balaban J connectivity index is 1.59. The van der Waals surface area contributed by atoms with E-state index in [0.717, 1.165) is 0 Å². The number of hydrogen-bond acceptors (Lipinski definition) is 4. The van der Waals surface area contributed by atoms with Crippen LogP contribution in [0.1, 0.15) is 23.2 Å². The molecule has 1 unspecified atom stereocenters. The molecule has 2 aliphatic heterocycles. The number of carbonyl (C=O) groups excluding carboxylic acids is 3. The molecule has 134 valence electrons. The maximum absolute atomic E-state index is 12.6. The van der Waals surface area contributed by atoms with Crippen molar-refractivity contribution in [3.8, 4) is 5.75 Å². The number of nitrogens with zero attached hydrogens (tertiary/aromatic N) is 2. The molecule has 1 aromatic rings. The zero-order valence-corrected chi connectivity index (χ0v) is 14.7. The van der Waals surface area contributed by atoms with Gasteiger partial charge in [0.1, 0.15) is 11.8 Å². The van der Waals surface area contributed by atoms with E-state index in [2.05, 4.69) is 5.32 Å². The predicted molar refractivity (Wildman–Crippen MR) is 91.7 cm³/mol. The molecule has 8 heteroatoms. The molecule has 0 aliphatic carbocycles. The highest BCUT2D eigenvalue weighted by atomic mass is 35.5. The number of amides is 3. The zero-order chi connectivity index (χ0) is 18.0. The van der Waals surface area contributed by atoms with E-state index >= 15 is 0 Å². The summed E-state index contributed by atoms with van der Waals surface area (Å²) in [6, 6.07) is 4.53. The van der Waals surface area contributed by atoms with Crippen LogP contribution < -0.4 is 10.1 Å². The van der Waals surface area contributed by atoms with Crippen LogP contribution in [0, 0.1) is 0 Å². The molecule has 2 heterocycles. The third kappa shape index (κ3) is 3.71. The third-order valence-electron chi connectivity index (χ3n) is 4.58. The molecule has 0 aromatic heterocycles. The number of methoxy groups -OCH3 is 1. The van der Waals surface area contributed by atoms with Crippen LogP contribution in [0.3, 0.4) is 0 Å². The minimum absolute atomic E-state index is 0.0690. The highest BCUT2D eigenvalue weighted by molar-refractivity contribution is 6.34. The number of ether oxygens (including phenoxy) is 1. The van der Waals surface area contributed by atoms with Crippen molar-refractivity contribution in [1.29, 1.82) is 0 Å². The molecule has 2 fully saturated rings. The lowest BCUT2D eigenvalue weighted by atomic mass is 10.1. The van der Waals surface area contributed by atoms with Gasteiger partial charge in [-0.2, -0.15) is 0 Å². The molecule has 2 saturated heterocycles. The first-order valence-electron chi connectivity index (χ1n) is 8.20. The first kappa shape index (κ1) is 17.5. The van der Waals surface area contributed by atoms with Crippen LogP contribution in [-0.4, -0.2) is 66.9 Å². The summed E-state index contributed by atoms with van der Waals surface area (Å²) in [7, 11) is 1.54. The van der Waals surface area contributed by atoms with E-state index in [1.165, 1.54) is 7.11 Å². The molecule has 1 N–H and O–H groups in total. The SMILES string of the molecule is COc1ccc(C(=O)N2CCN(C(=O)C3CCC(=O)N3)CC2)c(Cl)c1. The molecule has 2 aliphatic rings. The number of benzene rings is 1. The smallest absolute Gasteiger partial charge is 0.255 e. The molecular formula is C17H20ClN3O4. The van der Waals surface area contributed by atoms with Crippen LogP contribution in [0.25, 0.3) is 0 Å². The number of carbonyl (C=O) groups is 3. The Kier molecular flexibility index (Phi) is 5.13. The third-order valence-corrected chi connectivity index (χ3v) is 4.89. The van der Waals surface area contributed by atoms with Gasteiger partial charge in [0.15, 0.2) is 0 Å². The van der Waals surface area contributed by atoms with Gasteiger partial charge in [-0.1, -0.05) is 11.6 Å². The molecule has 3 amide bonds. The first-order chi connectivity index (χ1) is 12.0.